The van der Waals surface area contributed by atoms with Crippen molar-refractivity contribution >= 4 is 22.5 Å². The molecule has 2 aromatic carbocycles. The smallest absolute Gasteiger partial charge is 0.218 e. The number of halogens is 1. The highest BCUT2D eigenvalue weighted by Crippen LogP contribution is 2.38. The van der Waals surface area contributed by atoms with Crippen LogP contribution >= 0.6 is 11.6 Å². The molecule has 6 nitrogen and oxygen atoms in total. The summed E-state index contributed by atoms with van der Waals surface area (Å²) in [6, 6.07) is 15.8. The molecule has 0 aliphatic rings. The molecule has 0 saturated heterocycles. The zero-order valence-electron chi connectivity index (χ0n) is 15.5. The number of methoxy groups -OCH3 is 1. The summed E-state index contributed by atoms with van der Waals surface area (Å²) >= 11 is 6.82. The molecular formula is C21H19ClN4O2. The minimum absolute atomic E-state index is 0.489. The SMILES string of the molecule is CONCc1ccc(-c2cccc(-c3cccc4[nH]ncc34)c2Cl)nc1OC. The van der Waals surface area contributed by atoms with Gasteiger partial charge in [-0.15, -0.1) is 0 Å². The first-order chi connectivity index (χ1) is 13.7. The topological polar surface area (TPSA) is 72.1 Å². The van der Waals surface area contributed by atoms with Crippen LogP contribution in [-0.4, -0.2) is 29.4 Å². The summed E-state index contributed by atoms with van der Waals surface area (Å²) in [6.07, 6.45) is 1.81. The van der Waals surface area contributed by atoms with Crippen LogP contribution in [0.5, 0.6) is 5.88 Å². The van der Waals surface area contributed by atoms with Gasteiger partial charge in [0.25, 0.3) is 0 Å². The average Bonchev–Trinajstić information content (AvgIpc) is 3.21. The van der Waals surface area contributed by atoms with Crippen LogP contribution in [0.3, 0.4) is 0 Å². The predicted molar refractivity (Wildman–Crippen MR) is 110 cm³/mol. The highest BCUT2D eigenvalue weighted by atomic mass is 35.5. The van der Waals surface area contributed by atoms with Crippen LogP contribution in [0.25, 0.3) is 33.3 Å². The van der Waals surface area contributed by atoms with E-state index in [9.17, 15) is 0 Å². The zero-order chi connectivity index (χ0) is 19.5. The molecule has 0 amide bonds. The van der Waals surface area contributed by atoms with Crippen LogP contribution in [0.15, 0.2) is 54.7 Å². The monoisotopic (exact) mass is 394 g/mol. The second kappa shape index (κ2) is 7.98. The van der Waals surface area contributed by atoms with Crippen molar-refractivity contribution < 1.29 is 9.57 Å². The van der Waals surface area contributed by atoms with Crippen LogP contribution < -0.4 is 10.2 Å². The van der Waals surface area contributed by atoms with Crippen molar-refractivity contribution in [2.24, 2.45) is 0 Å². The Labute approximate surface area is 167 Å². The lowest BCUT2D eigenvalue weighted by atomic mass is 9.98. The predicted octanol–water partition coefficient (Wildman–Crippen LogP) is 4.60. The van der Waals surface area contributed by atoms with Gasteiger partial charge in [-0.25, -0.2) is 4.98 Å². The molecule has 2 heterocycles. The second-order valence-corrected chi connectivity index (χ2v) is 6.57. The summed E-state index contributed by atoms with van der Waals surface area (Å²) in [5.41, 5.74) is 8.18. The minimum atomic E-state index is 0.489. The number of hydroxylamine groups is 1. The third kappa shape index (κ3) is 3.33. The Balaban J connectivity index is 1.80. The standard InChI is InChI=1S/C21H19ClN4O2/c1-27-21-13(11-24-28-2)9-10-18(25-21)16-7-3-6-15(20(16)22)14-5-4-8-19-17(14)12-23-26-19/h3-10,12,24H,11H2,1-2H3,(H,23,26). The molecule has 0 fully saturated rings. The van der Waals surface area contributed by atoms with Gasteiger partial charge in [-0.1, -0.05) is 48.0 Å². The first-order valence-electron chi connectivity index (χ1n) is 8.74. The number of pyridine rings is 1. The van der Waals surface area contributed by atoms with Gasteiger partial charge in [0.1, 0.15) is 0 Å². The van der Waals surface area contributed by atoms with Crippen molar-refractivity contribution in [3.8, 4) is 28.3 Å². The molecule has 0 saturated carbocycles. The zero-order valence-corrected chi connectivity index (χ0v) is 16.2. The van der Waals surface area contributed by atoms with E-state index >= 15 is 0 Å². The largest absolute Gasteiger partial charge is 0.481 e. The minimum Gasteiger partial charge on any atom is -0.481 e. The van der Waals surface area contributed by atoms with Crippen molar-refractivity contribution in [1.29, 1.82) is 0 Å². The molecule has 2 aromatic heterocycles. The average molecular weight is 395 g/mol. The lowest BCUT2D eigenvalue weighted by Crippen LogP contribution is -2.12. The van der Waals surface area contributed by atoms with Crippen molar-refractivity contribution in [3.05, 3.63) is 65.3 Å². The Bertz CT molecular complexity index is 1130. The molecule has 7 heteroatoms. The summed E-state index contributed by atoms with van der Waals surface area (Å²) in [6.45, 7) is 0.489. The van der Waals surface area contributed by atoms with Gasteiger partial charge in [0.15, 0.2) is 0 Å². The molecule has 0 radical (unpaired) electrons. The normalized spacial score (nSPS) is 11.1. The fourth-order valence-electron chi connectivity index (χ4n) is 3.22. The molecule has 28 heavy (non-hydrogen) atoms. The number of benzene rings is 2. The van der Waals surface area contributed by atoms with Gasteiger partial charge in [-0.3, -0.25) is 5.10 Å². The van der Waals surface area contributed by atoms with Crippen LogP contribution in [0.2, 0.25) is 5.02 Å². The number of aromatic nitrogens is 3. The highest BCUT2D eigenvalue weighted by Gasteiger charge is 2.15. The summed E-state index contributed by atoms with van der Waals surface area (Å²) in [7, 11) is 3.17. The van der Waals surface area contributed by atoms with Gasteiger partial charge in [-0.05, 0) is 17.7 Å². The molecular weight excluding hydrogens is 376 g/mol. The van der Waals surface area contributed by atoms with E-state index in [4.69, 9.17) is 21.2 Å². The lowest BCUT2D eigenvalue weighted by Gasteiger charge is -2.13. The Morgan fingerprint density at radius 3 is 2.61 bits per heavy atom. The molecule has 142 valence electrons. The van der Waals surface area contributed by atoms with Crippen molar-refractivity contribution in [2.75, 3.05) is 14.2 Å². The molecule has 0 aliphatic carbocycles. The van der Waals surface area contributed by atoms with Gasteiger partial charge in [0.05, 0.1) is 43.2 Å². The Hall–Kier alpha value is -2.93. The maximum atomic E-state index is 6.82. The number of hydrogen-bond acceptors (Lipinski definition) is 5. The van der Waals surface area contributed by atoms with E-state index in [1.54, 1.807) is 14.2 Å². The van der Waals surface area contributed by atoms with E-state index in [1.165, 1.54) is 0 Å². The Kier molecular flexibility index (Phi) is 5.25. The van der Waals surface area contributed by atoms with Gasteiger partial charge < -0.3 is 9.57 Å². The maximum Gasteiger partial charge on any atom is 0.218 e. The third-order valence-corrected chi connectivity index (χ3v) is 5.00. The molecule has 2 N–H and O–H groups in total. The number of nitrogens with one attached hydrogen (secondary N) is 2. The second-order valence-electron chi connectivity index (χ2n) is 6.19. The number of aromatic amines is 1. The highest BCUT2D eigenvalue weighted by molar-refractivity contribution is 6.36. The van der Waals surface area contributed by atoms with Crippen LogP contribution in [0.1, 0.15) is 5.56 Å². The Morgan fingerprint density at radius 2 is 1.79 bits per heavy atom. The molecule has 4 aromatic rings. The van der Waals surface area contributed by atoms with E-state index in [0.29, 0.717) is 17.4 Å². The number of rotatable bonds is 6. The van der Waals surface area contributed by atoms with E-state index in [1.807, 2.05) is 54.7 Å². The summed E-state index contributed by atoms with van der Waals surface area (Å²) in [5.74, 6) is 0.528. The van der Waals surface area contributed by atoms with Gasteiger partial charge >= 0.3 is 0 Å². The van der Waals surface area contributed by atoms with Gasteiger partial charge in [0.2, 0.25) is 5.88 Å². The number of hydrogen-bond donors (Lipinski definition) is 2. The van der Waals surface area contributed by atoms with Crippen molar-refractivity contribution in [3.63, 3.8) is 0 Å². The lowest BCUT2D eigenvalue weighted by molar-refractivity contribution is 0.0860. The number of ether oxygens (including phenoxy) is 1. The van der Waals surface area contributed by atoms with Crippen LogP contribution in [-0.2, 0) is 11.4 Å². The van der Waals surface area contributed by atoms with E-state index < -0.39 is 0 Å². The van der Waals surface area contributed by atoms with Crippen molar-refractivity contribution in [1.82, 2.24) is 20.7 Å². The summed E-state index contributed by atoms with van der Waals surface area (Å²) in [5, 5.41) is 8.79. The quantitative estimate of drug-likeness (QED) is 0.467. The summed E-state index contributed by atoms with van der Waals surface area (Å²) < 4.78 is 5.44. The van der Waals surface area contributed by atoms with E-state index in [-0.39, 0.29) is 0 Å². The first-order valence-corrected chi connectivity index (χ1v) is 9.12. The van der Waals surface area contributed by atoms with E-state index in [2.05, 4.69) is 20.7 Å². The first kappa shape index (κ1) is 18.4. The van der Waals surface area contributed by atoms with Crippen LogP contribution in [0.4, 0.5) is 0 Å². The molecule has 0 aliphatic heterocycles. The molecule has 4 rings (SSSR count). The number of H-pyrrole nitrogens is 1. The van der Waals surface area contributed by atoms with Gasteiger partial charge in [0, 0.05) is 22.1 Å². The number of fused-ring (bicyclic) bond motifs is 1. The van der Waals surface area contributed by atoms with Crippen LogP contribution in [0, 0.1) is 0 Å². The fourth-order valence-corrected chi connectivity index (χ4v) is 3.55. The molecule has 0 unspecified atom stereocenters. The van der Waals surface area contributed by atoms with Crippen molar-refractivity contribution in [2.45, 2.75) is 6.54 Å². The fraction of sp³-hybridized carbons (Fsp3) is 0.143. The van der Waals surface area contributed by atoms with E-state index in [0.717, 1.165) is 38.9 Å². The maximum absolute atomic E-state index is 6.82. The molecule has 0 bridgehead atoms. The molecule has 0 atom stereocenters. The summed E-state index contributed by atoms with van der Waals surface area (Å²) in [4.78, 5) is 9.55. The number of nitrogens with zero attached hydrogens (tertiary/aromatic N) is 2. The van der Waals surface area contributed by atoms with Gasteiger partial charge in [-0.2, -0.15) is 10.6 Å². The third-order valence-electron chi connectivity index (χ3n) is 4.59. The molecule has 0 spiro atoms. The Morgan fingerprint density at radius 1 is 1.00 bits per heavy atom.